The Labute approximate surface area is 109 Å². The van der Waals surface area contributed by atoms with Gasteiger partial charge in [-0.25, -0.2) is 5.43 Å². The number of amides is 1. The predicted octanol–water partition coefficient (Wildman–Crippen LogP) is 2.02. The molecule has 4 nitrogen and oxygen atoms in total. The zero-order valence-corrected chi connectivity index (χ0v) is 10.2. The molecule has 5 heteroatoms. The number of hydrogen-bond acceptors (Lipinski definition) is 2. The monoisotopic (exact) mass is 259 g/mol. The number of rotatable bonds is 1. The summed E-state index contributed by atoms with van der Waals surface area (Å²) in [6.45, 7) is 0.281. The summed E-state index contributed by atoms with van der Waals surface area (Å²) in [5.41, 5.74) is 5.11. The van der Waals surface area contributed by atoms with E-state index in [1.165, 1.54) is 0 Å². The van der Waals surface area contributed by atoms with Crippen molar-refractivity contribution in [2.24, 2.45) is 5.10 Å². The largest absolute Gasteiger partial charge is 0.337 e. The number of carbonyl (C=O) groups excluding carboxylic acids is 1. The van der Waals surface area contributed by atoms with E-state index in [0.717, 1.165) is 17.0 Å². The molecule has 1 aromatic heterocycles. The molecule has 1 aromatic carbocycles. The summed E-state index contributed by atoms with van der Waals surface area (Å²) in [7, 11) is 0. The van der Waals surface area contributed by atoms with E-state index in [-0.39, 0.29) is 12.5 Å². The Hall–Kier alpha value is -2.07. The molecule has 1 N–H and O–H groups in total. The quantitative estimate of drug-likeness (QED) is 0.837. The SMILES string of the molecule is O=C1Cn2cccc2C(c2ccc(Cl)cc2)=NN1. The highest BCUT2D eigenvalue weighted by atomic mass is 35.5. The second-order valence-corrected chi connectivity index (χ2v) is 4.46. The molecule has 2 aromatic rings. The predicted molar refractivity (Wildman–Crippen MR) is 69.7 cm³/mol. The summed E-state index contributed by atoms with van der Waals surface area (Å²) in [6, 6.07) is 11.2. The number of carbonyl (C=O) groups is 1. The summed E-state index contributed by atoms with van der Waals surface area (Å²) < 4.78 is 1.87. The minimum Gasteiger partial charge on any atom is -0.337 e. The van der Waals surface area contributed by atoms with E-state index in [9.17, 15) is 4.79 Å². The third kappa shape index (κ3) is 1.91. The summed E-state index contributed by atoms with van der Waals surface area (Å²) >= 11 is 5.87. The summed E-state index contributed by atoms with van der Waals surface area (Å²) in [4.78, 5) is 11.5. The molecule has 90 valence electrons. The molecule has 0 aliphatic carbocycles. The Morgan fingerprint density at radius 1 is 1.22 bits per heavy atom. The van der Waals surface area contributed by atoms with E-state index in [4.69, 9.17) is 11.6 Å². The zero-order chi connectivity index (χ0) is 12.5. The first kappa shape index (κ1) is 11.0. The zero-order valence-electron chi connectivity index (χ0n) is 9.43. The number of aromatic nitrogens is 1. The molecule has 0 unspecified atom stereocenters. The lowest BCUT2D eigenvalue weighted by atomic mass is 10.1. The Bertz CT molecular complexity index is 628. The third-order valence-electron chi connectivity index (χ3n) is 2.80. The molecule has 0 fully saturated rings. The number of halogens is 1. The lowest BCUT2D eigenvalue weighted by Crippen LogP contribution is -2.20. The second-order valence-electron chi connectivity index (χ2n) is 4.02. The van der Waals surface area contributed by atoms with E-state index >= 15 is 0 Å². The van der Waals surface area contributed by atoms with Crippen LogP contribution in [0.15, 0.2) is 47.7 Å². The van der Waals surface area contributed by atoms with Gasteiger partial charge in [-0.1, -0.05) is 23.7 Å². The highest BCUT2D eigenvalue weighted by Crippen LogP contribution is 2.16. The van der Waals surface area contributed by atoms with Crippen LogP contribution in [0.25, 0.3) is 0 Å². The minimum atomic E-state index is -0.128. The van der Waals surface area contributed by atoms with Crippen LogP contribution in [0.4, 0.5) is 0 Å². The fraction of sp³-hybridized carbons (Fsp3) is 0.0769. The van der Waals surface area contributed by atoms with Crippen molar-refractivity contribution in [2.45, 2.75) is 6.54 Å². The van der Waals surface area contributed by atoms with Crippen LogP contribution in [0.3, 0.4) is 0 Å². The smallest absolute Gasteiger partial charge is 0.260 e. The van der Waals surface area contributed by atoms with Gasteiger partial charge in [0.05, 0.1) is 5.69 Å². The maximum atomic E-state index is 11.5. The number of hydrogen-bond donors (Lipinski definition) is 1. The van der Waals surface area contributed by atoms with E-state index in [2.05, 4.69) is 10.5 Å². The Morgan fingerprint density at radius 3 is 2.78 bits per heavy atom. The van der Waals surface area contributed by atoms with Crippen LogP contribution in [0.2, 0.25) is 5.02 Å². The second kappa shape index (κ2) is 4.31. The molecule has 0 saturated carbocycles. The van der Waals surface area contributed by atoms with Crippen molar-refractivity contribution >= 4 is 23.2 Å². The molecule has 3 rings (SSSR count). The van der Waals surface area contributed by atoms with Crippen LogP contribution in [-0.4, -0.2) is 16.2 Å². The van der Waals surface area contributed by atoms with Gasteiger partial charge in [-0.3, -0.25) is 4.79 Å². The molecular weight excluding hydrogens is 250 g/mol. The first-order valence-electron chi connectivity index (χ1n) is 5.52. The summed E-state index contributed by atoms with van der Waals surface area (Å²) in [5, 5.41) is 4.84. The van der Waals surface area contributed by atoms with Crippen LogP contribution in [0.5, 0.6) is 0 Å². The number of fused-ring (bicyclic) bond motifs is 1. The van der Waals surface area contributed by atoms with Gasteiger partial charge < -0.3 is 4.57 Å². The molecule has 0 bridgehead atoms. The van der Waals surface area contributed by atoms with Gasteiger partial charge in [0.1, 0.15) is 12.3 Å². The number of benzene rings is 1. The lowest BCUT2D eigenvalue weighted by molar-refractivity contribution is -0.121. The molecule has 0 atom stereocenters. The van der Waals surface area contributed by atoms with Gasteiger partial charge in [0.15, 0.2) is 0 Å². The van der Waals surface area contributed by atoms with E-state index < -0.39 is 0 Å². The number of nitrogens with one attached hydrogen (secondary N) is 1. The van der Waals surface area contributed by atoms with Crippen molar-refractivity contribution in [2.75, 3.05) is 0 Å². The summed E-state index contributed by atoms with van der Waals surface area (Å²) in [6.07, 6.45) is 1.87. The highest BCUT2D eigenvalue weighted by Gasteiger charge is 2.17. The van der Waals surface area contributed by atoms with Crippen molar-refractivity contribution in [3.05, 3.63) is 58.9 Å². The van der Waals surface area contributed by atoms with Crippen LogP contribution < -0.4 is 5.43 Å². The van der Waals surface area contributed by atoms with Crippen molar-refractivity contribution < 1.29 is 4.79 Å². The van der Waals surface area contributed by atoms with Gasteiger partial charge in [0.25, 0.3) is 5.91 Å². The molecule has 1 amide bonds. The van der Waals surface area contributed by atoms with Crippen LogP contribution in [-0.2, 0) is 11.3 Å². The summed E-state index contributed by atoms with van der Waals surface area (Å²) in [5.74, 6) is -0.128. The van der Waals surface area contributed by atoms with Crippen molar-refractivity contribution in [3.8, 4) is 0 Å². The molecule has 1 aliphatic heterocycles. The Balaban J connectivity index is 2.11. The maximum absolute atomic E-state index is 11.5. The average Bonchev–Trinajstić information content (AvgIpc) is 2.74. The van der Waals surface area contributed by atoms with Crippen molar-refractivity contribution in [1.29, 1.82) is 0 Å². The Morgan fingerprint density at radius 2 is 2.00 bits per heavy atom. The van der Waals surface area contributed by atoms with Gasteiger partial charge in [0, 0.05) is 16.8 Å². The standard InChI is InChI=1S/C13H10ClN3O/c14-10-5-3-9(4-6-10)13-11-2-1-7-17(11)8-12(18)15-16-13/h1-7H,8H2,(H,15,18). The molecule has 18 heavy (non-hydrogen) atoms. The van der Waals surface area contributed by atoms with Crippen LogP contribution in [0.1, 0.15) is 11.3 Å². The molecule has 0 spiro atoms. The molecule has 0 radical (unpaired) electrons. The topological polar surface area (TPSA) is 46.4 Å². The minimum absolute atomic E-state index is 0.128. The van der Waals surface area contributed by atoms with Crippen LogP contribution in [0, 0.1) is 0 Å². The van der Waals surface area contributed by atoms with Gasteiger partial charge in [-0.15, -0.1) is 0 Å². The van der Waals surface area contributed by atoms with Gasteiger partial charge in [-0.2, -0.15) is 5.10 Å². The molecule has 0 saturated heterocycles. The number of hydrazone groups is 1. The van der Waals surface area contributed by atoms with Crippen LogP contribution >= 0.6 is 11.6 Å². The van der Waals surface area contributed by atoms with E-state index in [0.29, 0.717) is 5.02 Å². The van der Waals surface area contributed by atoms with Crippen molar-refractivity contribution in [3.63, 3.8) is 0 Å². The lowest BCUT2D eigenvalue weighted by Gasteiger charge is -2.06. The van der Waals surface area contributed by atoms with Crippen molar-refractivity contribution in [1.82, 2.24) is 9.99 Å². The first-order chi connectivity index (χ1) is 8.74. The fourth-order valence-corrected chi connectivity index (χ4v) is 2.08. The van der Waals surface area contributed by atoms with E-state index in [1.54, 1.807) is 12.1 Å². The van der Waals surface area contributed by atoms with E-state index in [1.807, 2.05) is 35.0 Å². The maximum Gasteiger partial charge on any atom is 0.260 e. The highest BCUT2D eigenvalue weighted by molar-refractivity contribution is 6.30. The number of nitrogens with zero attached hydrogens (tertiary/aromatic N) is 2. The molecule has 1 aliphatic rings. The average molecular weight is 260 g/mol. The van der Waals surface area contributed by atoms with Gasteiger partial charge >= 0.3 is 0 Å². The first-order valence-corrected chi connectivity index (χ1v) is 5.90. The Kier molecular flexibility index (Phi) is 2.64. The van der Waals surface area contributed by atoms with Gasteiger partial charge in [-0.05, 0) is 24.3 Å². The normalized spacial score (nSPS) is 14.5. The van der Waals surface area contributed by atoms with Gasteiger partial charge in [0.2, 0.25) is 0 Å². The molecular formula is C13H10ClN3O. The third-order valence-corrected chi connectivity index (χ3v) is 3.05. The fourth-order valence-electron chi connectivity index (χ4n) is 1.95. The molecule has 2 heterocycles.